The van der Waals surface area contributed by atoms with Crippen LogP contribution in [0.5, 0.6) is 5.75 Å². The van der Waals surface area contributed by atoms with Crippen LogP contribution in [0.3, 0.4) is 0 Å². The van der Waals surface area contributed by atoms with E-state index in [-0.39, 0.29) is 30.7 Å². The number of fused-ring (bicyclic) bond motifs is 2. The van der Waals surface area contributed by atoms with Crippen molar-refractivity contribution in [1.29, 1.82) is 0 Å². The molecule has 34 heavy (non-hydrogen) atoms. The lowest BCUT2D eigenvalue weighted by molar-refractivity contribution is -0.118. The van der Waals surface area contributed by atoms with Crippen LogP contribution < -0.4 is 21.3 Å². The fourth-order valence-corrected chi connectivity index (χ4v) is 4.36. The molecule has 0 unspecified atom stereocenters. The van der Waals surface area contributed by atoms with Crippen LogP contribution in [0.1, 0.15) is 16.2 Å². The third kappa shape index (κ3) is 5.20. The van der Waals surface area contributed by atoms with Crippen molar-refractivity contribution in [1.82, 2.24) is 9.97 Å². The van der Waals surface area contributed by atoms with Gasteiger partial charge in [0.2, 0.25) is 5.82 Å². The highest BCUT2D eigenvalue weighted by atomic mass is 35.5. The number of amides is 1. The fraction of sp³-hybridized carbons (Fsp3) is 0.0909. The van der Waals surface area contributed by atoms with E-state index in [0.717, 1.165) is 11.1 Å². The van der Waals surface area contributed by atoms with Gasteiger partial charge in [0.25, 0.3) is 11.5 Å². The van der Waals surface area contributed by atoms with Gasteiger partial charge in [0.15, 0.2) is 6.61 Å². The number of hydrogen-bond acceptors (Lipinski definition) is 7. The number of anilines is 1. The third-order valence-corrected chi connectivity index (χ3v) is 5.92. The number of rotatable bonds is 3. The number of carbonyl (C=O) groups is 2. The van der Waals surface area contributed by atoms with E-state index in [1.807, 2.05) is 24.3 Å². The molecule has 0 bridgehead atoms. The Morgan fingerprint density at radius 1 is 1.21 bits per heavy atom. The number of carboxylic acid groups (broad SMARTS) is 1. The van der Waals surface area contributed by atoms with Crippen molar-refractivity contribution in [3.05, 3.63) is 74.6 Å². The van der Waals surface area contributed by atoms with Crippen LogP contribution in [-0.2, 0) is 11.3 Å². The molecule has 0 spiro atoms. The number of ether oxygens (including phenoxy) is 1. The Bertz CT molecular complexity index is 1440. The maximum atomic E-state index is 12.1. The molecule has 5 rings (SSSR count). The second kappa shape index (κ2) is 10.7. The lowest BCUT2D eigenvalue weighted by atomic mass is 10.1. The van der Waals surface area contributed by atoms with Gasteiger partial charge in [-0.3, -0.25) is 9.59 Å². The van der Waals surface area contributed by atoms with Crippen LogP contribution in [-0.4, -0.2) is 33.6 Å². The van der Waals surface area contributed by atoms with E-state index in [2.05, 4.69) is 15.3 Å². The number of halogens is 2. The number of nitrogens with one attached hydrogen (secondary N) is 2. The topological polar surface area (TPSA) is 147 Å². The van der Waals surface area contributed by atoms with E-state index < -0.39 is 11.5 Å². The van der Waals surface area contributed by atoms with Crippen molar-refractivity contribution < 1.29 is 19.4 Å². The molecule has 9 nitrogen and oxygen atoms in total. The Hall–Kier alpha value is -3.44. The van der Waals surface area contributed by atoms with Gasteiger partial charge < -0.3 is 25.9 Å². The highest BCUT2D eigenvalue weighted by Crippen LogP contribution is 2.34. The molecule has 12 heteroatoms. The number of thiophene rings is 1. The zero-order chi connectivity index (χ0) is 23.5. The molecule has 1 amide bonds. The summed E-state index contributed by atoms with van der Waals surface area (Å²) in [7, 11) is 0. The van der Waals surface area contributed by atoms with Crippen LogP contribution in [0.25, 0.3) is 21.3 Å². The second-order valence-corrected chi connectivity index (χ2v) is 8.17. The number of aromatic nitrogens is 2. The van der Waals surface area contributed by atoms with Gasteiger partial charge in [0, 0.05) is 28.1 Å². The van der Waals surface area contributed by atoms with Gasteiger partial charge in [-0.2, -0.15) is 0 Å². The molecule has 0 saturated heterocycles. The molecule has 2 aromatic carbocycles. The summed E-state index contributed by atoms with van der Waals surface area (Å²) in [6.07, 6.45) is 0. The van der Waals surface area contributed by atoms with Crippen molar-refractivity contribution in [2.24, 2.45) is 5.73 Å². The molecule has 2 aromatic heterocycles. The molecule has 5 N–H and O–H groups in total. The molecule has 0 aliphatic carbocycles. The summed E-state index contributed by atoms with van der Waals surface area (Å²) in [6, 6.07) is 12.7. The van der Waals surface area contributed by atoms with E-state index in [1.54, 1.807) is 23.6 Å². The van der Waals surface area contributed by atoms with Gasteiger partial charge in [-0.25, -0.2) is 9.78 Å². The van der Waals surface area contributed by atoms with Crippen LogP contribution >= 0.6 is 35.3 Å². The van der Waals surface area contributed by atoms with Gasteiger partial charge in [0.1, 0.15) is 10.6 Å². The first-order valence-corrected chi connectivity index (χ1v) is 10.9. The third-order valence-electron chi connectivity index (χ3n) is 4.72. The smallest absolute Gasteiger partial charge is 0.372 e. The van der Waals surface area contributed by atoms with E-state index in [0.29, 0.717) is 38.8 Å². The average molecular weight is 521 g/mol. The van der Waals surface area contributed by atoms with E-state index in [4.69, 9.17) is 27.2 Å². The van der Waals surface area contributed by atoms with Crippen molar-refractivity contribution in [2.45, 2.75) is 6.54 Å². The van der Waals surface area contributed by atoms with Gasteiger partial charge >= 0.3 is 5.97 Å². The standard InChI is InChI=1S/C13H7ClN2O3S.C9H10N2O2.ClH/c14-8-4-2-1-3-6(8)7-5-20-12-9(7)11(17)15-10(16-12)13(18)19;10-4-6-1-2-8-7(3-6)11-9(12)5-13-8;/h1-5H,(H,18,19)(H,15,16,17);1-3H,4-5,10H2,(H,11,12);1H. The number of H-pyrrole nitrogens is 1. The summed E-state index contributed by atoms with van der Waals surface area (Å²) in [5, 5.41) is 14.2. The summed E-state index contributed by atoms with van der Waals surface area (Å²) < 4.78 is 5.18. The molecule has 176 valence electrons. The Kier molecular flexibility index (Phi) is 7.90. The van der Waals surface area contributed by atoms with Crippen LogP contribution in [0, 0.1) is 0 Å². The van der Waals surface area contributed by atoms with Gasteiger partial charge in [0.05, 0.1) is 11.1 Å². The first-order valence-electron chi connectivity index (χ1n) is 9.62. The molecular weight excluding hydrogens is 503 g/mol. The predicted molar refractivity (Wildman–Crippen MR) is 133 cm³/mol. The number of nitrogens with zero attached hydrogens (tertiary/aromatic N) is 1. The zero-order valence-corrected chi connectivity index (χ0v) is 19.7. The first kappa shape index (κ1) is 25.2. The van der Waals surface area contributed by atoms with Crippen molar-refractivity contribution >= 4 is 63.1 Å². The molecule has 4 aromatic rings. The Morgan fingerprint density at radius 2 is 1.97 bits per heavy atom. The van der Waals surface area contributed by atoms with Crippen LogP contribution in [0.2, 0.25) is 5.02 Å². The summed E-state index contributed by atoms with van der Waals surface area (Å²) in [6.45, 7) is 0.554. The highest BCUT2D eigenvalue weighted by Gasteiger charge is 2.17. The molecular formula is C22H18Cl2N4O5S. The number of benzene rings is 2. The molecule has 0 fully saturated rings. The summed E-state index contributed by atoms with van der Waals surface area (Å²) in [5.41, 5.74) is 8.04. The minimum atomic E-state index is -1.27. The number of hydrogen-bond donors (Lipinski definition) is 4. The van der Waals surface area contributed by atoms with E-state index in [9.17, 15) is 14.4 Å². The fourth-order valence-electron chi connectivity index (χ4n) is 3.19. The van der Waals surface area contributed by atoms with Gasteiger partial charge in [-0.15, -0.1) is 23.7 Å². The number of carboxylic acids is 1. The normalized spacial score (nSPS) is 11.9. The Balaban J connectivity index is 0.000000201. The monoisotopic (exact) mass is 520 g/mol. The largest absolute Gasteiger partial charge is 0.482 e. The van der Waals surface area contributed by atoms with Crippen molar-refractivity contribution in [2.75, 3.05) is 11.9 Å². The summed E-state index contributed by atoms with van der Waals surface area (Å²) in [4.78, 5) is 40.5. The van der Waals surface area contributed by atoms with Crippen molar-refractivity contribution in [3.8, 4) is 16.9 Å². The Labute approximate surface area is 208 Å². The Morgan fingerprint density at radius 3 is 2.68 bits per heavy atom. The predicted octanol–water partition coefficient (Wildman–Crippen LogP) is 3.90. The van der Waals surface area contributed by atoms with Gasteiger partial charge in [-0.05, 0) is 23.8 Å². The minimum Gasteiger partial charge on any atom is -0.482 e. The lowest BCUT2D eigenvalue weighted by Crippen LogP contribution is -2.25. The number of nitrogens with two attached hydrogens (primary N) is 1. The number of carbonyl (C=O) groups excluding carboxylic acids is 1. The van der Waals surface area contributed by atoms with E-state index >= 15 is 0 Å². The zero-order valence-electron chi connectivity index (χ0n) is 17.3. The maximum Gasteiger partial charge on any atom is 0.372 e. The summed E-state index contributed by atoms with van der Waals surface area (Å²) >= 11 is 7.34. The average Bonchev–Trinajstić information content (AvgIpc) is 3.23. The maximum absolute atomic E-state index is 12.1. The highest BCUT2D eigenvalue weighted by molar-refractivity contribution is 7.17. The summed E-state index contributed by atoms with van der Waals surface area (Å²) in [5.74, 6) is -1.05. The quantitative estimate of drug-likeness (QED) is 0.320. The van der Waals surface area contributed by atoms with Crippen LogP contribution in [0.15, 0.2) is 52.6 Å². The molecule has 3 heterocycles. The first-order chi connectivity index (χ1) is 15.9. The lowest BCUT2D eigenvalue weighted by Gasteiger charge is -2.18. The molecule has 0 radical (unpaired) electrons. The van der Waals surface area contributed by atoms with E-state index in [1.165, 1.54) is 11.3 Å². The molecule has 0 saturated carbocycles. The number of aromatic amines is 1. The van der Waals surface area contributed by atoms with Gasteiger partial charge in [-0.1, -0.05) is 35.9 Å². The molecule has 1 aliphatic heterocycles. The minimum absolute atomic E-state index is 0. The number of aromatic carboxylic acids is 1. The molecule has 1 aliphatic rings. The van der Waals surface area contributed by atoms with Crippen LogP contribution in [0.4, 0.5) is 5.69 Å². The SMILES string of the molecule is Cl.NCc1ccc2c(c1)NC(=O)CO2.O=C(O)c1nc2scc(-c3ccccc3Cl)c2c(=O)[nH]1. The molecule has 0 atom stereocenters. The van der Waals surface area contributed by atoms with Crippen molar-refractivity contribution in [3.63, 3.8) is 0 Å². The second-order valence-electron chi connectivity index (χ2n) is 6.90.